The van der Waals surface area contributed by atoms with Crippen LogP contribution in [-0.2, 0) is 9.53 Å². The van der Waals surface area contributed by atoms with Crippen molar-refractivity contribution in [2.45, 2.75) is 24.4 Å². The lowest BCUT2D eigenvalue weighted by atomic mass is 10.1. The van der Waals surface area contributed by atoms with E-state index in [1.165, 1.54) is 12.7 Å². The van der Waals surface area contributed by atoms with Gasteiger partial charge in [-0.15, -0.1) is 12.4 Å². The highest BCUT2D eigenvalue weighted by molar-refractivity contribution is 5.85. The average Bonchev–Trinajstić information content (AvgIpc) is 3.10. The van der Waals surface area contributed by atoms with Gasteiger partial charge in [-0.2, -0.15) is 0 Å². The quantitative estimate of drug-likeness (QED) is 0.841. The third-order valence-electron chi connectivity index (χ3n) is 3.03. The first-order chi connectivity index (χ1) is 8.22. The first kappa shape index (κ1) is 15.0. The van der Waals surface area contributed by atoms with Gasteiger partial charge in [-0.05, 0) is 12.0 Å². The first-order valence-corrected chi connectivity index (χ1v) is 5.82. The summed E-state index contributed by atoms with van der Waals surface area (Å²) in [5.74, 6) is 0.310. The van der Waals surface area contributed by atoms with Gasteiger partial charge in [-0.3, -0.25) is 4.79 Å². The highest BCUT2D eigenvalue weighted by Crippen LogP contribution is 2.40. The van der Waals surface area contributed by atoms with Gasteiger partial charge >= 0.3 is 0 Å². The van der Waals surface area contributed by atoms with Gasteiger partial charge < -0.3 is 15.8 Å². The molecule has 0 bridgehead atoms. The molecular formula is C13H19ClN2O2. The fourth-order valence-electron chi connectivity index (χ4n) is 1.97. The van der Waals surface area contributed by atoms with Crippen molar-refractivity contribution in [1.29, 1.82) is 0 Å². The van der Waals surface area contributed by atoms with Crippen molar-refractivity contribution in [3.8, 4) is 0 Å². The normalized spacial score (nSPS) is 22.8. The number of methoxy groups -OCH3 is 1. The standard InChI is InChI=1S/C13H18N2O2.ClH/c1-17-8-11(14)13(16)15-12-7-10(12)9-5-3-2-4-6-9;/h2-6,10-12H,7-8,14H2,1H3,(H,15,16);1H. The molecule has 1 saturated carbocycles. The minimum Gasteiger partial charge on any atom is -0.383 e. The molecule has 0 heterocycles. The van der Waals surface area contributed by atoms with E-state index in [0.29, 0.717) is 5.92 Å². The second-order valence-corrected chi connectivity index (χ2v) is 4.43. The number of rotatable bonds is 5. The molecule has 3 atom stereocenters. The van der Waals surface area contributed by atoms with E-state index in [4.69, 9.17) is 10.5 Å². The smallest absolute Gasteiger partial charge is 0.239 e. The zero-order valence-corrected chi connectivity index (χ0v) is 11.2. The first-order valence-electron chi connectivity index (χ1n) is 5.82. The maximum absolute atomic E-state index is 11.6. The van der Waals surface area contributed by atoms with Crippen molar-refractivity contribution in [3.05, 3.63) is 35.9 Å². The number of hydrogen-bond donors (Lipinski definition) is 2. The largest absolute Gasteiger partial charge is 0.383 e. The van der Waals surface area contributed by atoms with Crippen LogP contribution in [0.1, 0.15) is 17.9 Å². The van der Waals surface area contributed by atoms with Crippen molar-refractivity contribution in [3.63, 3.8) is 0 Å². The second-order valence-electron chi connectivity index (χ2n) is 4.43. The summed E-state index contributed by atoms with van der Waals surface area (Å²) in [7, 11) is 1.54. The van der Waals surface area contributed by atoms with Crippen LogP contribution in [0.3, 0.4) is 0 Å². The summed E-state index contributed by atoms with van der Waals surface area (Å²) >= 11 is 0. The molecular weight excluding hydrogens is 252 g/mol. The van der Waals surface area contributed by atoms with E-state index in [1.807, 2.05) is 18.2 Å². The average molecular weight is 271 g/mol. The Morgan fingerprint density at radius 2 is 2.17 bits per heavy atom. The monoisotopic (exact) mass is 270 g/mol. The van der Waals surface area contributed by atoms with Gasteiger partial charge in [0.05, 0.1) is 6.61 Å². The lowest BCUT2D eigenvalue weighted by Crippen LogP contribution is -2.44. The van der Waals surface area contributed by atoms with Crippen molar-refractivity contribution >= 4 is 18.3 Å². The molecule has 0 radical (unpaired) electrons. The van der Waals surface area contributed by atoms with Crippen LogP contribution in [0.25, 0.3) is 0 Å². The Hall–Kier alpha value is -1.10. The minimum atomic E-state index is -0.572. The summed E-state index contributed by atoms with van der Waals surface area (Å²) in [6.07, 6.45) is 0.995. The van der Waals surface area contributed by atoms with Crippen molar-refractivity contribution in [1.82, 2.24) is 5.32 Å². The third kappa shape index (κ3) is 3.70. The molecule has 2 rings (SSSR count). The Labute approximate surface area is 113 Å². The zero-order valence-electron chi connectivity index (χ0n) is 10.3. The number of halogens is 1. The van der Waals surface area contributed by atoms with E-state index < -0.39 is 6.04 Å². The number of amides is 1. The molecule has 100 valence electrons. The maximum Gasteiger partial charge on any atom is 0.239 e. The highest BCUT2D eigenvalue weighted by atomic mass is 35.5. The van der Waals surface area contributed by atoms with Crippen molar-refractivity contribution in [2.75, 3.05) is 13.7 Å². The molecule has 5 heteroatoms. The van der Waals surface area contributed by atoms with Gasteiger partial charge in [-0.25, -0.2) is 0 Å². The van der Waals surface area contributed by atoms with Crippen molar-refractivity contribution in [2.24, 2.45) is 5.73 Å². The molecule has 3 N–H and O–H groups in total. The van der Waals surface area contributed by atoms with Crippen LogP contribution in [0.2, 0.25) is 0 Å². The van der Waals surface area contributed by atoms with E-state index in [1.54, 1.807) is 0 Å². The molecule has 1 aliphatic rings. The SMILES string of the molecule is COCC(N)C(=O)NC1CC1c1ccccc1.Cl. The molecule has 0 spiro atoms. The zero-order chi connectivity index (χ0) is 12.3. The predicted molar refractivity (Wildman–Crippen MR) is 72.8 cm³/mol. The van der Waals surface area contributed by atoms with Gasteiger partial charge in [0.1, 0.15) is 6.04 Å². The number of carbonyl (C=O) groups excluding carboxylic acids is 1. The molecule has 1 aliphatic carbocycles. The molecule has 18 heavy (non-hydrogen) atoms. The fourth-order valence-corrected chi connectivity index (χ4v) is 1.97. The number of carbonyl (C=O) groups is 1. The van der Waals surface area contributed by atoms with E-state index in [-0.39, 0.29) is 31.0 Å². The second kappa shape index (κ2) is 6.73. The van der Waals surface area contributed by atoms with Gasteiger partial charge in [0, 0.05) is 19.1 Å². The Kier molecular flexibility index (Phi) is 5.59. The number of hydrogen-bond acceptors (Lipinski definition) is 3. The van der Waals surface area contributed by atoms with Crippen LogP contribution >= 0.6 is 12.4 Å². The van der Waals surface area contributed by atoms with E-state index in [9.17, 15) is 4.79 Å². The van der Waals surface area contributed by atoms with Crippen LogP contribution < -0.4 is 11.1 Å². The van der Waals surface area contributed by atoms with Gasteiger partial charge in [0.15, 0.2) is 0 Å². The Bertz CT molecular complexity index is 386. The highest BCUT2D eigenvalue weighted by Gasteiger charge is 2.39. The molecule has 1 amide bonds. The summed E-state index contributed by atoms with van der Waals surface area (Å²) in [5, 5.41) is 2.94. The summed E-state index contributed by atoms with van der Waals surface area (Å²) in [6, 6.07) is 9.86. The van der Waals surface area contributed by atoms with E-state index in [0.717, 1.165) is 6.42 Å². The lowest BCUT2D eigenvalue weighted by molar-refractivity contribution is -0.123. The third-order valence-corrected chi connectivity index (χ3v) is 3.03. The Balaban J connectivity index is 0.00000162. The Morgan fingerprint density at radius 3 is 2.78 bits per heavy atom. The van der Waals surface area contributed by atoms with E-state index >= 15 is 0 Å². The maximum atomic E-state index is 11.6. The van der Waals surface area contributed by atoms with Gasteiger partial charge in [0.25, 0.3) is 0 Å². The minimum absolute atomic E-state index is 0. The van der Waals surface area contributed by atoms with Crippen LogP contribution in [0.4, 0.5) is 0 Å². The molecule has 3 unspecified atom stereocenters. The van der Waals surface area contributed by atoms with Gasteiger partial charge in [0.2, 0.25) is 5.91 Å². The topological polar surface area (TPSA) is 64.3 Å². The molecule has 0 saturated heterocycles. The summed E-state index contributed by atoms with van der Waals surface area (Å²) in [5.41, 5.74) is 6.93. The molecule has 1 fully saturated rings. The summed E-state index contributed by atoms with van der Waals surface area (Å²) in [6.45, 7) is 0.258. The summed E-state index contributed by atoms with van der Waals surface area (Å²) in [4.78, 5) is 11.6. The number of nitrogens with one attached hydrogen (secondary N) is 1. The Morgan fingerprint density at radius 1 is 1.50 bits per heavy atom. The van der Waals surface area contributed by atoms with Crippen LogP contribution in [0, 0.1) is 0 Å². The number of ether oxygens (including phenoxy) is 1. The number of benzene rings is 1. The van der Waals surface area contributed by atoms with E-state index in [2.05, 4.69) is 17.4 Å². The molecule has 4 nitrogen and oxygen atoms in total. The van der Waals surface area contributed by atoms with Gasteiger partial charge in [-0.1, -0.05) is 30.3 Å². The lowest BCUT2D eigenvalue weighted by Gasteiger charge is -2.11. The van der Waals surface area contributed by atoms with Crippen molar-refractivity contribution < 1.29 is 9.53 Å². The molecule has 0 aliphatic heterocycles. The fraction of sp³-hybridized carbons (Fsp3) is 0.462. The summed E-state index contributed by atoms with van der Waals surface area (Å²) < 4.78 is 4.85. The predicted octanol–water partition coefficient (Wildman–Crippen LogP) is 1.05. The van der Waals surface area contributed by atoms with Crippen LogP contribution in [-0.4, -0.2) is 31.7 Å². The number of nitrogens with two attached hydrogens (primary N) is 1. The molecule has 1 aromatic carbocycles. The molecule has 1 aromatic rings. The molecule has 0 aromatic heterocycles. The van der Waals surface area contributed by atoms with Crippen LogP contribution in [0.15, 0.2) is 30.3 Å². The van der Waals surface area contributed by atoms with Crippen LogP contribution in [0.5, 0.6) is 0 Å².